The number of fused-ring (bicyclic) bond motifs is 1. The number of furan rings is 1. The first-order valence-electron chi connectivity index (χ1n) is 9.65. The number of carbonyl (C=O) groups is 2. The van der Waals surface area contributed by atoms with Crippen LogP contribution < -0.4 is 0 Å². The van der Waals surface area contributed by atoms with E-state index in [2.05, 4.69) is 0 Å². The van der Waals surface area contributed by atoms with Crippen molar-refractivity contribution in [2.24, 2.45) is 28.6 Å². The number of hydrogen-bond acceptors (Lipinski definition) is 7. The monoisotopic (exact) mass is 376 g/mol. The Labute approximate surface area is 156 Å². The number of rotatable bonds is 1. The molecule has 5 rings (SSSR count). The molecule has 2 aliphatic heterocycles. The second-order valence-electron chi connectivity index (χ2n) is 8.80. The molecule has 27 heavy (non-hydrogen) atoms. The fraction of sp³-hybridized carbons (Fsp3) is 0.700. The van der Waals surface area contributed by atoms with Crippen LogP contribution in [0, 0.1) is 28.6 Å². The van der Waals surface area contributed by atoms with Crippen molar-refractivity contribution < 1.29 is 33.7 Å². The number of aliphatic hydroxyl groups is 2. The molecule has 4 fully saturated rings. The number of ether oxygens (including phenoxy) is 2. The average molecular weight is 376 g/mol. The Kier molecular flexibility index (Phi) is 3.56. The van der Waals surface area contributed by atoms with Crippen LogP contribution in [0.25, 0.3) is 0 Å². The van der Waals surface area contributed by atoms with Crippen LogP contribution in [0.15, 0.2) is 23.0 Å². The van der Waals surface area contributed by atoms with Crippen LogP contribution in [0.3, 0.4) is 0 Å². The third-order valence-corrected chi connectivity index (χ3v) is 7.83. The van der Waals surface area contributed by atoms with E-state index in [4.69, 9.17) is 13.9 Å². The van der Waals surface area contributed by atoms with Crippen LogP contribution in [0.2, 0.25) is 0 Å². The molecule has 7 nitrogen and oxygen atoms in total. The highest BCUT2D eigenvalue weighted by molar-refractivity contribution is 5.82. The van der Waals surface area contributed by atoms with E-state index in [1.807, 2.05) is 6.92 Å². The largest absolute Gasteiger partial charge is 0.472 e. The van der Waals surface area contributed by atoms with Gasteiger partial charge in [-0.2, -0.15) is 0 Å². The van der Waals surface area contributed by atoms with Gasteiger partial charge in [0.2, 0.25) is 0 Å². The van der Waals surface area contributed by atoms with E-state index in [0.717, 1.165) is 5.56 Å². The molecule has 8 unspecified atom stereocenters. The summed E-state index contributed by atoms with van der Waals surface area (Å²) in [6.07, 6.45) is 2.78. The van der Waals surface area contributed by atoms with Gasteiger partial charge in [0.15, 0.2) is 0 Å². The maximum Gasteiger partial charge on any atom is 0.313 e. The molecule has 2 aliphatic carbocycles. The Morgan fingerprint density at radius 1 is 1.19 bits per heavy atom. The van der Waals surface area contributed by atoms with Crippen molar-refractivity contribution in [1.29, 1.82) is 0 Å². The predicted octanol–water partition coefficient (Wildman–Crippen LogP) is 1.58. The van der Waals surface area contributed by atoms with Gasteiger partial charge in [0, 0.05) is 17.4 Å². The van der Waals surface area contributed by atoms with E-state index in [-0.39, 0.29) is 36.8 Å². The molecule has 2 saturated heterocycles. The fourth-order valence-electron chi connectivity index (χ4n) is 6.50. The molecule has 2 saturated carbocycles. The highest BCUT2D eigenvalue weighted by Gasteiger charge is 2.73. The minimum Gasteiger partial charge on any atom is -0.472 e. The molecule has 8 atom stereocenters. The molecule has 2 spiro atoms. The molecular formula is C20H24O7. The first-order chi connectivity index (χ1) is 12.9. The molecule has 2 N–H and O–H groups in total. The Balaban J connectivity index is 1.62. The van der Waals surface area contributed by atoms with Gasteiger partial charge in [-0.05, 0) is 37.2 Å². The summed E-state index contributed by atoms with van der Waals surface area (Å²) in [5, 5.41) is 21.5. The Morgan fingerprint density at radius 2 is 2.00 bits per heavy atom. The van der Waals surface area contributed by atoms with Gasteiger partial charge >= 0.3 is 11.9 Å². The van der Waals surface area contributed by atoms with Gasteiger partial charge < -0.3 is 24.1 Å². The lowest BCUT2D eigenvalue weighted by molar-refractivity contribution is -0.201. The van der Waals surface area contributed by atoms with E-state index in [1.165, 1.54) is 0 Å². The minimum atomic E-state index is -0.852. The molecule has 0 amide bonds. The highest BCUT2D eigenvalue weighted by atomic mass is 16.6. The average Bonchev–Trinajstić information content (AvgIpc) is 3.33. The molecule has 4 aliphatic rings. The lowest BCUT2D eigenvalue weighted by atomic mass is 9.43. The zero-order valence-corrected chi connectivity index (χ0v) is 15.2. The first-order valence-corrected chi connectivity index (χ1v) is 9.65. The predicted molar refractivity (Wildman–Crippen MR) is 90.0 cm³/mol. The van der Waals surface area contributed by atoms with E-state index < -0.39 is 35.1 Å². The number of hydrogen-bond donors (Lipinski definition) is 2. The molecular weight excluding hydrogens is 352 g/mol. The standard InChI is InChI=1S/C20H24O7/c1-10-4-16(22)20-9-26-17(23)13(20)5-12(21)6-15(20)19(10)7-14(27-18(19)24)11-2-3-25-8-11/h2-3,8,10,12-16,21-22H,4-7,9H2,1H3. The number of esters is 2. The van der Waals surface area contributed by atoms with E-state index in [0.29, 0.717) is 19.3 Å². The van der Waals surface area contributed by atoms with Crippen LogP contribution in [0.4, 0.5) is 0 Å². The van der Waals surface area contributed by atoms with Gasteiger partial charge in [0.1, 0.15) is 12.7 Å². The van der Waals surface area contributed by atoms with Crippen molar-refractivity contribution >= 4 is 11.9 Å². The van der Waals surface area contributed by atoms with Gasteiger partial charge in [-0.1, -0.05) is 6.92 Å². The summed E-state index contributed by atoms with van der Waals surface area (Å²) in [6.45, 7) is 2.07. The zero-order valence-electron chi connectivity index (χ0n) is 15.2. The van der Waals surface area contributed by atoms with Crippen molar-refractivity contribution in [2.75, 3.05) is 6.61 Å². The van der Waals surface area contributed by atoms with Crippen molar-refractivity contribution in [1.82, 2.24) is 0 Å². The fourth-order valence-corrected chi connectivity index (χ4v) is 6.50. The van der Waals surface area contributed by atoms with Crippen molar-refractivity contribution in [3.05, 3.63) is 24.2 Å². The van der Waals surface area contributed by atoms with Crippen molar-refractivity contribution in [2.45, 2.75) is 50.9 Å². The molecule has 0 bridgehead atoms. The normalized spacial score (nSPS) is 48.9. The molecule has 0 radical (unpaired) electrons. The lowest BCUT2D eigenvalue weighted by Crippen LogP contribution is -2.64. The smallest absolute Gasteiger partial charge is 0.313 e. The van der Waals surface area contributed by atoms with Gasteiger partial charge in [-0.15, -0.1) is 0 Å². The summed E-state index contributed by atoms with van der Waals surface area (Å²) in [7, 11) is 0. The molecule has 7 heteroatoms. The number of carbonyl (C=O) groups excluding carboxylic acids is 2. The van der Waals surface area contributed by atoms with Gasteiger partial charge in [0.25, 0.3) is 0 Å². The summed E-state index contributed by atoms with van der Waals surface area (Å²) >= 11 is 0. The zero-order chi connectivity index (χ0) is 19.0. The Hall–Kier alpha value is -1.86. The van der Waals surface area contributed by atoms with Crippen molar-refractivity contribution in [3.63, 3.8) is 0 Å². The quantitative estimate of drug-likeness (QED) is 0.717. The van der Waals surface area contributed by atoms with Gasteiger partial charge in [0.05, 0.1) is 36.1 Å². The first kappa shape index (κ1) is 17.3. The molecule has 146 valence electrons. The summed E-state index contributed by atoms with van der Waals surface area (Å²) in [4.78, 5) is 25.7. The third kappa shape index (κ3) is 2.04. The summed E-state index contributed by atoms with van der Waals surface area (Å²) < 4.78 is 16.3. The van der Waals surface area contributed by atoms with Crippen LogP contribution in [0.5, 0.6) is 0 Å². The van der Waals surface area contributed by atoms with Crippen LogP contribution in [-0.2, 0) is 19.1 Å². The molecule has 0 aromatic carbocycles. The SMILES string of the molecule is CC1CC(O)C23COC(=O)C2CC(O)CC3C12CC(c1ccoc1)OC2=O. The molecule has 1 aromatic heterocycles. The van der Waals surface area contributed by atoms with Gasteiger partial charge in [-0.3, -0.25) is 9.59 Å². The van der Waals surface area contributed by atoms with Crippen LogP contribution in [-0.4, -0.2) is 41.0 Å². The topological polar surface area (TPSA) is 106 Å². The third-order valence-electron chi connectivity index (χ3n) is 7.83. The van der Waals surface area contributed by atoms with Crippen molar-refractivity contribution in [3.8, 4) is 0 Å². The number of aliphatic hydroxyl groups excluding tert-OH is 2. The number of cyclic esters (lactones) is 2. The summed E-state index contributed by atoms with van der Waals surface area (Å²) in [5.41, 5.74) is -0.874. The van der Waals surface area contributed by atoms with E-state index in [9.17, 15) is 19.8 Å². The second-order valence-corrected chi connectivity index (χ2v) is 8.80. The minimum absolute atomic E-state index is 0.104. The Morgan fingerprint density at radius 3 is 2.74 bits per heavy atom. The van der Waals surface area contributed by atoms with Gasteiger partial charge in [-0.25, -0.2) is 0 Å². The summed E-state index contributed by atoms with van der Waals surface area (Å²) in [6, 6.07) is 1.79. The van der Waals surface area contributed by atoms with Crippen LogP contribution >= 0.6 is 0 Å². The van der Waals surface area contributed by atoms with Crippen LogP contribution in [0.1, 0.15) is 44.3 Å². The van der Waals surface area contributed by atoms with E-state index >= 15 is 0 Å². The highest BCUT2D eigenvalue weighted by Crippen LogP contribution is 2.68. The maximum absolute atomic E-state index is 13.3. The lowest BCUT2D eigenvalue weighted by Gasteiger charge is -2.58. The Bertz CT molecular complexity index is 773. The summed E-state index contributed by atoms with van der Waals surface area (Å²) in [5.74, 6) is -1.75. The maximum atomic E-state index is 13.3. The van der Waals surface area contributed by atoms with E-state index in [1.54, 1.807) is 18.6 Å². The molecule has 3 heterocycles. The molecule has 1 aromatic rings. The second kappa shape index (κ2) is 5.58.